The first-order valence-electron chi connectivity index (χ1n) is 17.4. The van der Waals surface area contributed by atoms with E-state index < -0.39 is 0 Å². The van der Waals surface area contributed by atoms with Gasteiger partial charge in [-0.2, -0.15) is 0 Å². The maximum atomic E-state index is 2.32. The van der Waals surface area contributed by atoms with Gasteiger partial charge in [0, 0.05) is 16.7 Å². The number of hydrogen-bond donors (Lipinski definition) is 0. The summed E-state index contributed by atoms with van der Waals surface area (Å²) in [6.07, 6.45) is 26.9. The molecule has 42 heavy (non-hydrogen) atoms. The molecule has 0 aliphatic heterocycles. The summed E-state index contributed by atoms with van der Waals surface area (Å²) in [4.78, 5) is 0. The second-order valence-corrected chi connectivity index (χ2v) is 12.7. The molecule has 1 heteroatoms. The summed E-state index contributed by atoms with van der Waals surface area (Å²) in [5.41, 5.74) is 4.35. The summed E-state index contributed by atoms with van der Waals surface area (Å²) < 4.78 is 1.09. The zero-order valence-electron chi connectivity index (χ0n) is 26.9. The predicted molar refractivity (Wildman–Crippen MR) is 184 cm³/mol. The van der Waals surface area contributed by atoms with Crippen LogP contribution in [0, 0.1) is 0 Å². The molecule has 0 radical (unpaired) electrons. The van der Waals surface area contributed by atoms with Gasteiger partial charge in [0.2, 0.25) is 0 Å². The van der Waals surface area contributed by atoms with Gasteiger partial charge in [-0.3, -0.25) is 0 Å². The molecule has 0 spiro atoms. The SMILES string of the molecule is C/C=C/CCCCCCCCCCCCCCCCC[N+](Cc1ccccc1)(Cc1ccccc1)Cc1ccccc1. The van der Waals surface area contributed by atoms with Crippen LogP contribution in [0.5, 0.6) is 0 Å². The third-order valence-corrected chi connectivity index (χ3v) is 8.82. The lowest BCUT2D eigenvalue weighted by Gasteiger charge is -2.39. The molecule has 0 heterocycles. The number of allylic oxidation sites excluding steroid dienone is 2. The first kappa shape index (κ1) is 33.9. The summed E-state index contributed by atoms with van der Waals surface area (Å²) >= 11 is 0. The van der Waals surface area contributed by atoms with Gasteiger partial charge in [0.15, 0.2) is 0 Å². The Morgan fingerprint density at radius 3 is 1.05 bits per heavy atom. The van der Waals surface area contributed by atoms with E-state index in [1.165, 1.54) is 126 Å². The molecule has 0 aliphatic carbocycles. The van der Waals surface area contributed by atoms with Gasteiger partial charge >= 0.3 is 0 Å². The largest absolute Gasteiger partial charge is 0.312 e. The van der Waals surface area contributed by atoms with Gasteiger partial charge < -0.3 is 4.48 Å². The van der Waals surface area contributed by atoms with Crippen molar-refractivity contribution in [1.29, 1.82) is 0 Å². The van der Waals surface area contributed by atoms with Crippen LogP contribution in [0.2, 0.25) is 0 Å². The lowest BCUT2D eigenvalue weighted by molar-refractivity contribution is -0.966. The molecule has 0 bridgehead atoms. The standard InChI is InChI=1S/C41H60N/c1-2-3-4-5-6-7-8-9-10-11-12-13-14-15-16-17-18-28-35-42(36-39-29-22-19-23-30-39,37-40-31-24-20-25-32-40)38-41-33-26-21-27-34-41/h2-3,19-27,29-34H,4-18,28,35-38H2,1H3/q+1/b3-2+. The Morgan fingerprint density at radius 2 is 0.714 bits per heavy atom. The van der Waals surface area contributed by atoms with Crippen molar-refractivity contribution in [2.24, 2.45) is 0 Å². The molecule has 0 unspecified atom stereocenters. The fourth-order valence-corrected chi connectivity index (χ4v) is 6.49. The van der Waals surface area contributed by atoms with Crippen molar-refractivity contribution in [3.05, 3.63) is 120 Å². The van der Waals surface area contributed by atoms with Gasteiger partial charge in [-0.1, -0.05) is 180 Å². The van der Waals surface area contributed by atoms with Crippen molar-refractivity contribution in [2.75, 3.05) is 6.54 Å². The fraction of sp³-hybridized carbons (Fsp3) is 0.512. The summed E-state index contributed by atoms with van der Waals surface area (Å²) in [5.74, 6) is 0. The van der Waals surface area contributed by atoms with E-state index in [2.05, 4.69) is 110 Å². The van der Waals surface area contributed by atoms with Crippen LogP contribution in [0.1, 0.15) is 126 Å². The number of quaternary nitrogens is 1. The van der Waals surface area contributed by atoms with Gasteiger partial charge in [-0.05, 0) is 32.6 Å². The first-order valence-corrected chi connectivity index (χ1v) is 17.4. The number of hydrogen-bond acceptors (Lipinski definition) is 0. The number of benzene rings is 3. The summed E-state index contributed by atoms with van der Waals surface area (Å²) in [5, 5.41) is 0. The average molecular weight is 567 g/mol. The van der Waals surface area contributed by atoms with Crippen LogP contribution in [0.4, 0.5) is 0 Å². The summed E-state index contributed by atoms with van der Waals surface area (Å²) in [6.45, 7) is 6.61. The van der Waals surface area contributed by atoms with Crippen LogP contribution in [0.25, 0.3) is 0 Å². The topological polar surface area (TPSA) is 0 Å². The quantitative estimate of drug-likeness (QED) is 0.0574. The third-order valence-electron chi connectivity index (χ3n) is 8.82. The number of unbranched alkanes of at least 4 members (excludes halogenated alkanes) is 15. The highest BCUT2D eigenvalue weighted by molar-refractivity contribution is 5.17. The van der Waals surface area contributed by atoms with E-state index >= 15 is 0 Å². The molecule has 0 fully saturated rings. The highest BCUT2D eigenvalue weighted by atomic mass is 15.3. The maximum absolute atomic E-state index is 2.32. The Balaban J connectivity index is 1.36. The van der Waals surface area contributed by atoms with Crippen molar-refractivity contribution in [3.8, 4) is 0 Å². The van der Waals surface area contributed by atoms with E-state index in [0.29, 0.717) is 0 Å². The molecule has 3 aromatic rings. The molecule has 0 saturated heterocycles. The Hall–Kier alpha value is -2.64. The van der Waals surface area contributed by atoms with Gasteiger partial charge in [0.05, 0.1) is 6.54 Å². The maximum Gasteiger partial charge on any atom is 0.105 e. The highest BCUT2D eigenvalue weighted by Gasteiger charge is 2.28. The minimum atomic E-state index is 1.08. The van der Waals surface area contributed by atoms with Crippen LogP contribution in [-0.2, 0) is 19.6 Å². The smallest absolute Gasteiger partial charge is 0.105 e. The summed E-state index contributed by atoms with van der Waals surface area (Å²) in [7, 11) is 0. The van der Waals surface area contributed by atoms with E-state index in [4.69, 9.17) is 0 Å². The Bertz CT molecular complexity index is 939. The van der Waals surface area contributed by atoms with Crippen molar-refractivity contribution < 1.29 is 4.48 Å². The van der Waals surface area contributed by atoms with Crippen molar-refractivity contribution in [2.45, 2.75) is 129 Å². The molecule has 0 amide bonds. The van der Waals surface area contributed by atoms with Crippen LogP contribution in [0.15, 0.2) is 103 Å². The zero-order chi connectivity index (χ0) is 29.4. The van der Waals surface area contributed by atoms with Crippen LogP contribution >= 0.6 is 0 Å². The normalized spacial score (nSPS) is 11.8. The minimum Gasteiger partial charge on any atom is -0.312 e. The molecule has 0 atom stereocenters. The van der Waals surface area contributed by atoms with Crippen molar-refractivity contribution in [3.63, 3.8) is 0 Å². The molecule has 0 saturated carbocycles. The Morgan fingerprint density at radius 1 is 0.405 bits per heavy atom. The molecule has 1 nitrogen and oxygen atoms in total. The van der Waals surface area contributed by atoms with Gasteiger partial charge in [0.25, 0.3) is 0 Å². The minimum absolute atomic E-state index is 1.08. The average Bonchev–Trinajstić information content (AvgIpc) is 3.02. The molecule has 0 N–H and O–H groups in total. The van der Waals surface area contributed by atoms with Crippen LogP contribution in [0.3, 0.4) is 0 Å². The van der Waals surface area contributed by atoms with E-state index in [1.807, 2.05) is 0 Å². The third kappa shape index (κ3) is 15.0. The summed E-state index contributed by atoms with van der Waals surface area (Å²) in [6, 6.07) is 33.5. The number of rotatable bonds is 24. The molecule has 3 aromatic carbocycles. The monoisotopic (exact) mass is 566 g/mol. The molecule has 0 aliphatic rings. The molecular weight excluding hydrogens is 506 g/mol. The van der Waals surface area contributed by atoms with Crippen molar-refractivity contribution in [1.82, 2.24) is 0 Å². The first-order chi connectivity index (χ1) is 20.8. The predicted octanol–water partition coefficient (Wildman–Crippen LogP) is 12.2. The lowest BCUT2D eigenvalue weighted by Crippen LogP contribution is -2.46. The van der Waals surface area contributed by atoms with Gasteiger partial charge in [-0.15, -0.1) is 0 Å². The number of nitrogens with zero attached hydrogens (tertiary/aromatic N) is 1. The Labute approximate surface area is 259 Å². The highest BCUT2D eigenvalue weighted by Crippen LogP contribution is 2.26. The van der Waals surface area contributed by atoms with Gasteiger partial charge in [0.1, 0.15) is 19.6 Å². The van der Waals surface area contributed by atoms with E-state index in [0.717, 1.165) is 24.1 Å². The van der Waals surface area contributed by atoms with Crippen LogP contribution in [-0.4, -0.2) is 11.0 Å². The van der Waals surface area contributed by atoms with Crippen LogP contribution < -0.4 is 0 Å². The zero-order valence-corrected chi connectivity index (χ0v) is 26.9. The molecule has 0 aromatic heterocycles. The second kappa shape index (κ2) is 22.0. The van der Waals surface area contributed by atoms with E-state index in [9.17, 15) is 0 Å². The fourth-order valence-electron chi connectivity index (χ4n) is 6.49. The second-order valence-electron chi connectivity index (χ2n) is 12.7. The van der Waals surface area contributed by atoms with Gasteiger partial charge in [-0.25, -0.2) is 0 Å². The van der Waals surface area contributed by atoms with E-state index in [-0.39, 0.29) is 0 Å². The molecule has 3 rings (SSSR count). The molecular formula is C41H60N+. The van der Waals surface area contributed by atoms with Crippen molar-refractivity contribution >= 4 is 0 Å². The Kier molecular flexibility index (Phi) is 17.7. The van der Waals surface area contributed by atoms with E-state index in [1.54, 1.807) is 0 Å². The molecule has 228 valence electrons. The lowest BCUT2D eigenvalue weighted by atomic mass is 10.0.